The third-order valence-electron chi connectivity index (χ3n) is 6.33. The first-order valence-electron chi connectivity index (χ1n) is 11.6. The molecule has 0 amide bonds. The first-order valence-corrected chi connectivity index (χ1v) is 13.1. The summed E-state index contributed by atoms with van der Waals surface area (Å²) in [4.78, 5) is 48.1. The molecule has 2 saturated heterocycles. The second kappa shape index (κ2) is 10.6. The number of fused-ring (bicyclic) bond motifs is 1. The number of ether oxygens (including phenoxy) is 2. The fourth-order valence-corrected chi connectivity index (χ4v) is 5.39. The van der Waals surface area contributed by atoms with Gasteiger partial charge in [-0.3, -0.25) is 28.0 Å². The van der Waals surface area contributed by atoms with Crippen molar-refractivity contribution in [1.82, 2.24) is 29.1 Å². The molecule has 0 radical (unpaired) electrons. The van der Waals surface area contributed by atoms with E-state index in [1.165, 1.54) is 12.3 Å². The van der Waals surface area contributed by atoms with Crippen LogP contribution in [0.2, 0.25) is 0 Å². The van der Waals surface area contributed by atoms with E-state index in [0.717, 1.165) is 15.5 Å². The molecule has 0 aliphatic carbocycles. The van der Waals surface area contributed by atoms with Crippen LogP contribution in [0.15, 0.2) is 28.2 Å². The van der Waals surface area contributed by atoms with Crippen LogP contribution >= 0.6 is 7.82 Å². The van der Waals surface area contributed by atoms with E-state index in [9.17, 15) is 39.5 Å². The molecule has 9 atom stereocenters. The molecule has 2 fully saturated rings. The number of phosphoric acid groups is 1. The highest BCUT2D eigenvalue weighted by Crippen LogP contribution is 2.49. The number of aliphatic hydroxyl groups excluding tert-OH is 4. The van der Waals surface area contributed by atoms with Crippen LogP contribution in [0.5, 0.6) is 0 Å². The van der Waals surface area contributed by atoms with E-state index in [1.54, 1.807) is 0 Å². The lowest BCUT2D eigenvalue weighted by atomic mass is 10.1. The summed E-state index contributed by atoms with van der Waals surface area (Å²) in [6.45, 7) is -1.56. The Hall–Kier alpha value is -3.30. The summed E-state index contributed by atoms with van der Waals surface area (Å²) in [6.07, 6.45) is -9.84. The van der Waals surface area contributed by atoms with Crippen LogP contribution in [0.3, 0.4) is 0 Å². The highest BCUT2D eigenvalue weighted by molar-refractivity contribution is 7.47. The van der Waals surface area contributed by atoms with Crippen molar-refractivity contribution in [2.75, 3.05) is 24.7 Å². The summed E-state index contributed by atoms with van der Waals surface area (Å²) in [5, 5.41) is 41.3. The number of anilines is 2. The van der Waals surface area contributed by atoms with E-state index in [4.69, 9.17) is 30.0 Å². The second-order valence-corrected chi connectivity index (χ2v) is 10.3. The van der Waals surface area contributed by atoms with Gasteiger partial charge >= 0.3 is 13.5 Å². The second-order valence-electron chi connectivity index (χ2n) is 8.94. The van der Waals surface area contributed by atoms with E-state index in [2.05, 4.69) is 19.9 Å². The van der Waals surface area contributed by atoms with Crippen molar-refractivity contribution in [1.29, 1.82) is 0 Å². The number of nitrogens with two attached hydrogens (primary N) is 2. The van der Waals surface area contributed by atoms with Crippen molar-refractivity contribution in [3.8, 4) is 0 Å². The molecule has 0 aromatic carbocycles. The molecule has 3 aromatic rings. The van der Waals surface area contributed by atoms with E-state index in [1.807, 2.05) is 0 Å². The smallest absolute Gasteiger partial charge is 0.394 e. The molecule has 218 valence electrons. The van der Waals surface area contributed by atoms with Crippen LogP contribution in [-0.2, 0) is 23.1 Å². The number of aliphatic hydroxyl groups is 4. The molecule has 40 heavy (non-hydrogen) atoms. The number of nitrogen functional groups attached to an aromatic ring is 2. The zero-order valence-electron chi connectivity index (χ0n) is 20.2. The van der Waals surface area contributed by atoms with E-state index >= 15 is 0 Å². The summed E-state index contributed by atoms with van der Waals surface area (Å²) in [5.41, 5.74) is 9.29. The molecule has 0 bridgehead atoms. The molecule has 1 unspecified atom stereocenters. The lowest BCUT2D eigenvalue weighted by Gasteiger charge is -2.23. The number of phosphoric ester groups is 1. The quantitative estimate of drug-likeness (QED) is 0.116. The van der Waals surface area contributed by atoms with E-state index < -0.39 is 81.4 Å². The van der Waals surface area contributed by atoms with Crippen molar-refractivity contribution in [2.45, 2.75) is 49.1 Å². The van der Waals surface area contributed by atoms with Gasteiger partial charge < -0.3 is 46.3 Å². The van der Waals surface area contributed by atoms with Gasteiger partial charge in [-0.25, -0.2) is 14.3 Å². The van der Waals surface area contributed by atoms with Crippen molar-refractivity contribution < 1.29 is 48.4 Å². The molecule has 2 aliphatic rings. The maximum atomic E-state index is 12.8. The third-order valence-corrected chi connectivity index (χ3v) is 7.32. The highest BCUT2D eigenvalue weighted by atomic mass is 31.2. The summed E-state index contributed by atoms with van der Waals surface area (Å²) >= 11 is 0. The van der Waals surface area contributed by atoms with Crippen LogP contribution in [0.25, 0.3) is 11.2 Å². The first kappa shape index (κ1) is 28.2. The summed E-state index contributed by atoms with van der Waals surface area (Å²) in [6, 6.07) is 1.26. The molecule has 0 saturated carbocycles. The van der Waals surface area contributed by atoms with Crippen LogP contribution in [0.1, 0.15) is 12.5 Å². The van der Waals surface area contributed by atoms with Gasteiger partial charge in [0.1, 0.15) is 42.4 Å². The fraction of sp³-hybridized carbons (Fsp3) is 0.526. The van der Waals surface area contributed by atoms with Crippen molar-refractivity contribution >= 4 is 30.8 Å². The molecule has 5 rings (SSSR count). The predicted octanol–water partition coefficient (Wildman–Crippen LogP) is -4.09. The molecule has 0 spiro atoms. The zero-order chi connectivity index (χ0) is 28.9. The number of hydrogen-bond acceptors (Lipinski definition) is 16. The Morgan fingerprint density at radius 1 is 1.05 bits per heavy atom. The largest absolute Gasteiger partial charge is 0.472 e. The standard InChI is InChI=1S/C19H25N8O12P/c20-8-1-2-26(19(33)23-8)16-11(30)10(29)7(38-16)4-36-40(34,35)39-13-6(3-28)37-17(12(13)31)27-5-22-9-14(27)24-18(21)25-15(9)32/h1-2,5-7,10-13,16-17,28-31H,3-4H2,(H,34,35)(H2,20,23,33)(H3,21,24,25,32)/t6-,7+,10+,11-,12+,13+,16+,17-/m0/s1. The Kier molecular flexibility index (Phi) is 7.48. The van der Waals surface area contributed by atoms with Gasteiger partial charge in [-0.2, -0.15) is 9.97 Å². The monoisotopic (exact) mass is 588 g/mol. The topological polar surface area (TPSA) is 306 Å². The van der Waals surface area contributed by atoms with Crippen molar-refractivity contribution in [2.24, 2.45) is 0 Å². The lowest BCUT2D eigenvalue weighted by Crippen LogP contribution is -2.37. The maximum Gasteiger partial charge on any atom is 0.472 e. The number of aromatic amines is 1. The minimum absolute atomic E-state index is 0.0676. The van der Waals surface area contributed by atoms with Gasteiger partial charge in [-0.1, -0.05) is 0 Å². The Morgan fingerprint density at radius 3 is 2.45 bits per heavy atom. The summed E-state index contributed by atoms with van der Waals surface area (Å²) < 4.78 is 35.8. The minimum Gasteiger partial charge on any atom is -0.394 e. The Morgan fingerprint density at radius 2 is 1.75 bits per heavy atom. The van der Waals surface area contributed by atoms with Gasteiger partial charge in [0.2, 0.25) is 5.95 Å². The van der Waals surface area contributed by atoms with Gasteiger partial charge in [-0.05, 0) is 6.07 Å². The predicted molar refractivity (Wildman–Crippen MR) is 129 cm³/mol. The SMILES string of the molecule is Nc1ccn([C@@H]2O[C@H](COP(=O)(O)O[C@H]3[C@@H](O)[C@@H](n4cnc5c(=O)[nH]c(N)nc54)O[C@H]3CO)[C@@H](O)[C@@H]2O)c(=O)n1. The number of nitrogens with zero attached hydrogens (tertiary/aromatic N) is 5. The van der Waals surface area contributed by atoms with Gasteiger partial charge in [0.15, 0.2) is 23.6 Å². The molecule has 2 aliphatic heterocycles. The van der Waals surface area contributed by atoms with Crippen molar-refractivity contribution in [3.63, 3.8) is 0 Å². The summed E-state index contributed by atoms with van der Waals surface area (Å²) in [7, 11) is -5.04. The maximum absolute atomic E-state index is 12.8. The number of hydrogen-bond donors (Lipinski definition) is 8. The van der Waals surface area contributed by atoms with Gasteiger partial charge in [0.05, 0.1) is 19.5 Å². The zero-order valence-corrected chi connectivity index (χ0v) is 21.1. The molecule has 10 N–H and O–H groups in total. The van der Waals surface area contributed by atoms with Gasteiger partial charge in [-0.15, -0.1) is 0 Å². The van der Waals surface area contributed by atoms with Gasteiger partial charge in [0.25, 0.3) is 5.56 Å². The first-order chi connectivity index (χ1) is 18.9. The average Bonchev–Trinajstić information content (AvgIpc) is 3.53. The minimum atomic E-state index is -5.04. The molecule has 3 aromatic heterocycles. The lowest BCUT2D eigenvalue weighted by molar-refractivity contribution is -0.0609. The average molecular weight is 588 g/mol. The summed E-state index contributed by atoms with van der Waals surface area (Å²) in [5.74, 6) is -0.322. The van der Waals surface area contributed by atoms with Crippen molar-refractivity contribution in [3.05, 3.63) is 39.4 Å². The normalized spacial score (nSPS) is 32.0. The third kappa shape index (κ3) is 5.12. The van der Waals surface area contributed by atoms with Gasteiger partial charge in [0, 0.05) is 6.20 Å². The number of H-pyrrole nitrogens is 1. The van der Waals surface area contributed by atoms with E-state index in [-0.39, 0.29) is 22.9 Å². The van der Waals surface area contributed by atoms with Crippen LogP contribution in [0.4, 0.5) is 11.8 Å². The number of aromatic nitrogens is 6. The molecule has 21 heteroatoms. The highest BCUT2D eigenvalue weighted by Gasteiger charge is 2.50. The number of imidazole rings is 1. The Bertz CT molecular complexity index is 1560. The molecule has 5 heterocycles. The number of rotatable bonds is 8. The molecular weight excluding hydrogens is 563 g/mol. The molecular formula is C19H25N8O12P. The van der Waals surface area contributed by atoms with Crippen LogP contribution in [0, 0.1) is 0 Å². The molecule has 20 nitrogen and oxygen atoms in total. The van der Waals surface area contributed by atoms with Crippen LogP contribution in [-0.4, -0.2) is 104 Å². The fourth-order valence-electron chi connectivity index (χ4n) is 4.42. The Labute approximate surface area is 222 Å². The van der Waals surface area contributed by atoms with E-state index in [0.29, 0.717) is 0 Å². The number of nitrogens with one attached hydrogen (secondary N) is 1. The Balaban J connectivity index is 1.28. The van der Waals surface area contributed by atoms with Crippen LogP contribution < -0.4 is 22.7 Å².